The van der Waals surface area contributed by atoms with Crippen LogP contribution in [0.25, 0.3) is 0 Å². The van der Waals surface area contributed by atoms with E-state index in [1.54, 1.807) is 0 Å². The molecule has 0 aliphatic rings. The Morgan fingerprint density at radius 2 is 2.00 bits per heavy atom. The first-order chi connectivity index (χ1) is 8.68. The van der Waals surface area contributed by atoms with Gasteiger partial charge in [0.25, 0.3) is 5.91 Å². The van der Waals surface area contributed by atoms with Crippen LogP contribution in [0.1, 0.15) is 29.3 Å². The average Bonchev–Trinajstić information content (AvgIpc) is 2.30. The van der Waals surface area contributed by atoms with Gasteiger partial charge in [0.15, 0.2) is 0 Å². The van der Waals surface area contributed by atoms with Gasteiger partial charge in [-0.3, -0.25) is 4.79 Å². The van der Waals surface area contributed by atoms with Gasteiger partial charge in [-0.05, 0) is 31.0 Å². The van der Waals surface area contributed by atoms with E-state index < -0.39 is 21.7 Å². The van der Waals surface area contributed by atoms with Gasteiger partial charge in [0.05, 0.1) is 10.5 Å². The molecule has 1 rings (SSSR count). The minimum absolute atomic E-state index is 0.0692. The van der Waals surface area contributed by atoms with Gasteiger partial charge in [0.2, 0.25) is 10.0 Å². The van der Waals surface area contributed by atoms with Gasteiger partial charge in [-0.1, -0.05) is 6.92 Å². The van der Waals surface area contributed by atoms with Crippen LogP contribution < -0.4 is 5.14 Å². The molecule has 0 saturated carbocycles. The molecule has 1 aromatic carbocycles. The second kappa shape index (κ2) is 5.66. The van der Waals surface area contributed by atoms with Crippen LogP contribution in [0.5, 0.6) is 0 Å². The van der Waals surface area contributed by atoms with Crippen molar-refractivity contribution in [3.8, 4) is 0 Å². The van der Waals surface area contributed by atoms with E-state index in [0.29, 0.717) is 6.54 Å². The van der Waals surface area contributed by atoms with E-state index in [2.05, 4.69) is 0 Å². The Balaban J connectivity index is 3.35. The van der Waals surface area contributed by atoms with Gasteiger partial charge in [0, 0.05) is 13.6 Å². The van der Waals surface area contributed by atoms with Crippen LogP contribution in [-0.2, 0) is 10.0 Å². The van der Waals surface area contributed by atoms with Gasteiger partial charge < -0.3 is 4.90 Å². The van der Waals surface area contributed by atoms with E-state index in [-0.39, 0.29) is 16.0 Å². The van der Waals surface area contributed by atoms with Gasteiger partial charge in [-0.2, -0.15) is 0 Å². The van der Waals surface area contributed by atoms with Gasteiger partial charge >= 0.3 is 0 Å². The summed E-state index contributed by atoms with van der Waals surface area (Å²) in [4.78, 5) is 13.1. The summed E-state index contributed by atoms with van der Waals surface area (Å²) >= 11 is 0. The zero-order chi connectivity index (χ0) is 14.8. The lowest BCUT2D eigenvalue weighted by Gasteiger charge is -2.17. The fraction of sp³-hybridized carbons (Fsp3) is 0.417. The van der Waals surface area contributed by atoms with E-state index >= 15 is 0 Å². The van der Waals surface area contributed by atoms with Crippen LogP contribution >= 0.6 is 0 Å². The monoisotopic (exact) mass is 288 g/mol. The predicted molar refractivity (Wildman–Crippen MR) is 69.8 cm³/mol. The molecule has 0 fully saturated rings. The smallest absolute Gasteiger partial charge is 0.256 e. The quantitative estimate of drug-likeness (QED) is 0.905. The summed E-state index contributed by atoms with van der Waals surface area (Å²) in [6.07, 6.45) is 0.720. The molecule has 7 heteroatoms. The fourth-order valence-electron chi connectivity index (χ4n) is 1.70. The predicted octanol–water partition coefficient (Wildman–Crippen LogP) is 1.26. The van der Waals surface area contributed by atoms with Crippen molar-refractivity contribution in [3.63, 3.8) is 0 Å². The lowest BCUT2D eigenvalue weighted by molar-refractivity contribution is 0.0790. The molecule has 0 aromatic heterocycles. The summed E-state index contributed by atoms with van der Waals surface area (Å²) in [5.41, 5.74) is -0.209. The van der Waals surface area contributed by atoms with Gasteiger partial charge in [-0.25, -0.2) is 17.9 Å². The number of benzene rings is 1. The number of hydrogen-bond acceptors (Lipinski definition) is 3. The van der Waals surface area contributed by atoms with Crippen LogP contribution in [0.2, 0.25) is 0 Å². The van der Waals surface area contributed by atoms with Crippen molar-refractivity contribution in [2.75, 3.05) is 13.6 Å². The van der Waals surface area contributed by atoms with Crippen LogP contribution in [0.4, 0.5) is 4.39 Å². The normalized spacial score (nSPS) is 11.4. The molecule has 0 aliphatic carbocycles. The standard InChI is InChI=1S/C12H17FN2O3S/c1-4-5-15(3)12(16)10-7-9(19(14,17)18)6-8(2)11(10)13/h6-7H,4-5H2,1-3H3,(H2,14,17,18). The first-order valence-electron chi connectivity index (χ1n) is 5.77. The second-order valence-corrected chi connectivity index (χ2v) is 5.93. The molecule has 0 radical (unpaired) electrons. The summed E-state index contributed by atoms with van der Waals surface area (Å²) in [7, 11) is -2.44. The van der Waals surface area contributed by atoms with Crippen molar-refractivity contribution in [2.24, 2.45) is 5.14 Å². The van der Waals surface area contributed by atoms with Crippen molar-refractivity contribution < 1.29 is 17.6 Å². The minimum atomic E-state index is -3.97. The Bertz CT molecular complexity index is 599. The number of amides is 1. The zero-order valence-electron chi connectivity index (χ0n) is 11.1. The number of carbonyl (C=O) groups is 1. The Morgan fingerprint density at radius 3 is 2.47 bits per heavy atom. The number of nitrogens with two attached hydrogens (primary N) is 1. The molecule has 1 aromatic rings. The highest BCUT2D eigenvalue weighted by Crippen LogP contribution is 2.19. The molecule has 1 amide bonds. The highest BCUT2D eigenvalue weighted by atomic mass is 32.2. The number of sulfonamides is 1. The van der Waals surface area contributed by atoms with Crippen molar-refractivity contribution in [2.45, 2.75) is 25.2 Å². The highest BCUT2D eigenvalue weighted by Gasteiger charge is 2.21. The number of nitrogens with zero attached hydrogens (tertiary/aromatic N) is 1. The van der Waals surface area contributed by atoms with Crippen molar-refractivity contribution >= 4 is 15.9 Å². The highest BCUT2D eigenvalue weighted by molar-refractivity contribution is 7.89. The average molecular weight is 288 g/mol. The van der Waals surface area contributed by atoms with E-state index in [0.717, 1.165) is 18.6 Å². The number of hydrogen-bond donors (Lipinski definition) is 1. The summed E-state index contributed by atoms with van der Waals surface area (Å²) in [6.45, 7) is 3.73. The van der Waals surface area contributed by atoms with E-state index in [1.807, 2.05) is 6.92 Å². The van der Waals surface area contributed by atoms with Crippen LogP contribution in [0.3, 0.4) is 0 Å². The third-order valence-corrected chi connectivity index (χ3v) is 3.59. The van der Waals surface area contributed by atoms with Crippen LogP contribution in [-0.4, -0.2) is 32.8 Å². The molecular weight excluding hydrogens is 271 g/mol. The minimum Gasteiger partial charge on any atom is -0.342 e. The van der Waals surface area contributed by atoms with Gasteiger partial charge in [0.1, 0.15) is 5.82 Å². The summed E-state index contributed by atoms with van der Waals surface area (Å²) in [5, 5.41) is 5.00. The maximum absolute atomic E-state index is 13.9. The Kier molecular flexibility index (Phi) is 4.65. The Hall–Kier alpha value is -1.47. The van der Waals surface area contributed by atoms with Crippen molar-refractivity contribution in [1.29, 1.82) is 0 Å². The first-order valence-corrected chi connectivity index (χ1v) is 7.31. The lowest BCUT2D eigenvalue weighted by Crippen LogP contribution is -2.29. The van der Waals surface area contributed by atoms with Crippen LogP contribution in [0, 0.1) is 12.7 Å². The number of carbonyl (C=O) groups excluding carboxylic acids is 1. The van der Waals surface area contributed by atoms with Crippen molar-refractivity contribution in [1.82, 2.24) is 4.90 Å². The molecule has 0 bridgehead atoms. The molecule has 106 valence electrons. The maximum atomic E-state index is 13.9. The molecule has 0 aliphatic heterocycles. The Morgan fingerprint density at radius 1 is 1.42 bits per heavy atom. The summed E-state index contributed by atoms with van der Waals surface area (Å²) in [6, 6.07) is 2.09. The van der Waals surface area contributed by atoms with Crippen molar-refractivity contribution in [3.05, 3.63) is 29.1 Å². The number of halogens is 1. The third kappa shape index (κ3) is 3.51. The van der Waals surface area contributed by atoms with E-state index in [4.69, 9.17) is 5.14 Å². The van der Waals surface area contributed by atoms with E-state index in [1.165, 1.54) is 18.9 Å². The lowest BCUT2D eigenvalue weighted by atomic mass is 10.1. The Labute approximate surface area is 112 Å². The zero-order valence-corrected chi connectivity index (χ0v) is 11.9. The molecule has 0 spiro atoms. The molecule has 5 nitrogen and oxygen atoms in total. The molecular formula is C12H17FN2O3S. The third-order valence-electron chi connectivity index (χ3n) is 2.69. The fourth-order valence-corrected chi connectivity index (χ4v) is 2.32. The number of aryl methyl sites for hydroxylation is 1. The van der Waals surface area contributed by atoms with Gasteiger partial charge in [-0.15, -0.1) is 0 Å². The second-order valence-electron chi connectivity index (χ2n) is 4.37. The maximum Gasteiger partial charge on any atom is 0.256 e. The first kappa shape index (κ1) is 15.6. The summed E-state index contributed by atoms with van der Waals surface area (Å²) < 4.78 is 36.5. The number of primary sulfonamides is 1. The van der Waals surface area contributed by atoms with Crippen LogP contribution in [0.15, 0.2) is 17.0 Å². The number of rotatable bonds is 4. The molecule has 0 atom stereocenters. The molecule has 19 heavy (non-hydrogen) atoms. The topological polar surface area (TPSA) is 80.5 Å². The van der Waals surface area contributed by atoms with E-state index in [9.17, 15) is 17.6 Å². The molecule has 0 saturated heterocycles. The largest absolute Gasteiger partial charge is 0.342 e. The SMILES string of the molecule is CCCN(C)C(=O)c1cc(S(N)(=O)=O)cc(C)c1F. The molecule has 0 unspecified atom stereocenters. The molecule has 0 heterocycles. The summed E-state index contributed by atoms with van der Waals surface area (Å²) in [5.74, 6) is -1.28. The molecule has 2 N–H and O–H groups in total.